The van der Waals surface area contributed by atoms with E-state index in [1.54, 1.807) is 0 Å². The van der Waals surface area contributed by atoms with Crippen LogP contribution in [0, 0.1) is 11.8 Å². The smallest absolute Gasteiger partial charge is 0.114 e. The van der Waals surface area contributed by atoms with Crippen molar-refractivity contribution in [2.24, 2.45) is 11.8 Å². The number of hydrogen-bond donors (Lipinski definition) is 0. The minimum atomic E-state index is 0.561. The molecule has 0 heterocycles. The minimum absolute atomic E-state index is 0.561. The molecule has 0 saturated heterocycles. The van der Waals surface area contributed by atoms with Gasteiger partial charge in [0.05, 0.1) is 0 Å². The topological polar surface area (TPSA) is 0 Å². The van der Waals surface area contributed by atoms with Gasteiger partial charge >= 0.3 is 0 Å². The SMILES string of the molecule is BC1(P)CCC(C(C)C)CC1. The van der Waals surface area contributed by atoms with Crippen LogP contribution >= 0.6 is 9.24 Å². The molecule has 1 unspecified atom stereocenters. The van der Waals surface area contributed by atoms with E-state index in [0.29, 0.717) is 5.06 Å². The van der Waals surface area contributed by atoms with E-state index in [2.05, 4.69) is 30.9 Å². The fourth-order valence-electron chi connectivity index (χ4n) is 1.97. The van der Waals surface area contributed by atoms with Gasteiger partial charge in [-0.3, -0.25) is 0 Å². The van der Waals surface area contributed by atoms with E-state index >= 15 is 0 Å². The van der Waals surface area contributed by atoms with Crippen LogP contribution in [-0.4, -0.2) is 12.9 Å². The lowest BCUT2D eigenvalue weighted by Crippen LogP contribution is -2.29. The molecule has 1 saturated carbocycles. The average molecular weight is 170 g/mol. The Labute approximate surface area is 74.1 Å². The summed E-state index contributed by atoms with van der Waals surface area (Å²) < 4.78 is 0. The summed E-state index contributed by atoms with van der Waals surface area (Å²) in [6, 6.07) is 0. The zero-order valence-corrected chi connectivity index (χ0v) is 9.22. The first-order valence-corrected chi connectivity index (χ1v) is 5.38. The molecule has 1 atom stereocenters. The van der Waals surface area contributed by atoms with Crippen LogP contribution in [0.4, 0.5) is 0 Å². The van der Waals surface area contributed by atoms with Crippen molar-refractivity contribution in [3.05, 3.63) is 0 Å². The molecule has 64 valence electrons. The second-order valence-electron chi connectivity index (χ2n) is 4.74. The third-order valence-electron chi connectivity index (χ3n) is 3.12. The molecule has 2 heteroatoms. The molecule has 0 N–H and O–H groups in total. The van der Waals surface area contributed by atoms with E-state index in [4.69, 9.17) is 0 Å². The largest absolute Gasteiger partial charge is 0.140 e. The maximum absolute atomic E-state index is 3.01. The summed E-state index contributed by atoms with van der Waals surface area (Å²) in [5.74, 6) is 1.90. The molecule has 0 bridgehead atoms. The molecule has 1 aliphatic carbocycles. The van der Waals surface area contributed by atoms with Crippen molar-refractivity contribution < 1.29 is 0 Å². The van der Waals surface area contributed by atoms with Gasteiger partial charge in [0.2, 0.25) is 0 Å². The molecular weight excluding hydrogens is 150 g/mol. The first kappa shape index (κ1) is 9.58. The van der Waals surface area contributed by atoms with Crippen molar-refractivity contribution in [3.8, 4) is 0 Å². The maximum atomic E-state index is 3.01. The molecular formula is C9H20BP. The molecule has 0 radical (unpaired) electrons. The van der Waals surface area contributed by atoms with Crippen molar-refractivity contribution in [3.63, 3.8) is 0 Å². The Bertz CT molecular complexity index is 122. The highest BCUT2D eigenvalue weighted by Crippen LogP contribution is 2.38. The average Bonchev–Trinajstić information content (AvgIpc) is 1.86. The summed E-state index contributed by atoms with van der Waals surface area (Å²) >= 11 is 0. The van der Waals surface area contributed by atoms with E-state index in [0.717, 1.165) is 11.8 Å². The van der Waals surface area contributed by atoms with Crippen molar-refractivity contribution in [1.82, 2.24) is 0 Å². The molecule has 11 heavy (non-hydrogen) atoms. The highest BCUT2D eigenvalue weighted by molar-refractivity contribution is 7.22. The Morgan fingerprint density at radius 1 is 1.36 bits per heavy atom. The number of hydrogen-bond acceptors (Lipinski definition) is 0. The second kappa shape index (κ2) is 3.48. The standard InChI is InChI=1S/C9H20BP/c1-7(2)8-3-5-9(10,11)6-4-8/h7-8H,3-6,10-11H2,1-2H3. The van der Waals surface area contributed by atoms with Crippen molar-refractivity contribution in [1.29, 1.82) is 0 Å². The summed E-state index contributed by atoms with van der Waals surface area (Å²) in [5, 5.41) is 0.561. The van der Waals surface area contributed by atoms with Crippen LogP contribution in [-0.2, 0) is 0 Å². The van der Waals surface area contributed by atoms with Gasteiger partial charge in [-0.05, 0) is 16.9 Å². The van der Waals surface area contributed by atoms with Crippen molar-refractivity contribution in [2.45, 2.75) is 44.6 Å². The molecule has 0 aromatic carbocycles. The van der Waals surface area contributed by atoms with Gasteiger partial charge in [0.15, 0.2) is 0 Å². The predicted molar refractivity (Wildman–Crippen MR) is 57.8 cm³/mol. The Hall–Kier alpha value is 0.495. The van der Waals surface area contributed by atoms with E-state index in [-0.39, 0.29) is 0 Å². The summed E-state index contributed by atoms with van der Waals surface area (Å²) in [6.07, 6.45) is 5.69. The highest BCUT2D eigenvalue weighted by atomic mass is 31.0. The fraction of sp³-hybridized carbons (Fsp3) is 1.00. The Kier molecular flexibility index (Phi) is 3.03. The van der Waals surface area contributed by atoms with E-state index < -0.39 is 0 Å². The summed E-state index contributed by atoms with van der Waals surface area (Å²) in [7, 11) is 5.38. The molecule has 0 aromatic rings. The zero-order valence-electron chi connectivity index (χ0n) is 8.06. The van der Waals surface area contributed by atoms with Gasteiger partial charge < -0.3 is 0 Å². The van der Waals surface area contributed by atoms with Crippen LogP contribution in [0.25, 0.3) is 0 Å². The molecule has 0 nitrogen and oxygen atoms in total. The van der Waals surface area contributed by atoms with Crippen molar-refractivity contribution in [2.75, 3.05) is 0 Å². The highest BCUT2D eigenvalue weighted by Gasteiger charge is 2.27. The molecule has 1 rings (SSSR count). The van der Waals surface area contributed by atoms with E-state index in [9.17, 15) is 0 Å². The van der Waals surface area contributed by atoms with E-state index in [1.807, 2.05) is 0 Å². The molecule has 0 aromatic heterocycles. The van der Waals surface area contributed by atoms with Gasteiger partial charge in [0.1, 0.15) is 7.85 Å². The van der Waals surface area contributed by atoms with Crippen LogP contribution < -0.4 is 0 Å². The zero-order chi connectivity index (χ0) is 8.48. The molecule has 1 aliphatic rings. The summed E-state index contributed by atoms with van der Waals surface area (Å²) in [5.41, 5.74) is 0. The Morgan fingerprint density at radius 2 is 1.82 bits per heavy atom. The van der Waals surface area contributed by atoms with Crippen LogP contribution in [0.3, 0.4) is 0 Å². The fourth-order valence-corrected chi connectivity index (χ4v) is 2.30. The van der Waals surface area contributed by atoms with E-state index in [1.165, 1.54) is 25.7 Å². The van der Waals surface area contributed by atoms with Gasteiger partial charge in [-0.15, -0.1) is 9.24 Å². The monoisotopic (exact) mass is 170 g/mol. The van der Waals surface area contributed by atoms with Gasteiger partial charge in [-0.25, -0.2) is 0 Å². The maximum Gasteiger partial charge on any atom is 0.114 e. The van der Waals surface area contributed by atoms with Gasteiger partial charge in [-0.1, -0.05) is 39.5 Å². The molecule has 1 fully saturated rings. The second-order valence-corrected chi connectivity index (χ2v) is 6.13. The molecule has 0 aliphatic heterocycles. The molecule has 0 spiro atoms. The lowest BCUT2D eigenvalue weighted by atomic mass is 9.68. The third-order valence-corrected chi connectivity index (χ3v) is 3.69. The Balaban J connectivity index is 2.36. The third kappa shape index (κ3) is 2.78. The van der Waals surface area contributed by atoms with Crippen LogP contribution in [0.15, 0.2) is 0 Å². The summed E-state index contributed by atoms with van der Waals surface area (Å²) in [6.45, 7) is 4.71. The normalized spacial score (nSPS) is 39.5. The van der Waals surface area contributed by atoms with Crippen molar-refractivity contribution >= 4 is 17.1 Å². The lowest BCUT2D eigenvalue weighted by Gasteiger charge is -2.35. The molecule has 0 amide bonds. The first-order valence-electron chi connectivity index (χ1n) is 4.80. The van der Waals surface area contributed by atoms with Gasteiger partial charge in [0.25, 0.3) is 0 Å². The lowest BCUT2D eigenvalue weighted by molar-refractivity contribution is 0.272. The van der Waals surface area contributed by atoms with Gasteiger partial charge in [-0.2, -0.15) is 0 Å². The first-order chi connectivity index (χ1) is 5.01. The minimum Gasteiger partial charge on any atom is -0.140 e. The quantitative estimate of drug-likeness (QED) is 0.417. The predicted octanol–water partition coefficient (Wildman–Crippen LogP) is 2.04. The number of rotatable bonds is 1. The Morgan fingerprint density at radius 3 is 2.18 bits per heavy atom. The summed E-state index contributed by atoms with van der Waals surface area (Å²) in [4.78, 5) is 0. The van der Waals surface area contributed by atoms with Crippen LogP contribution in [0.5, 0.6) is 0 Å². The van der Waals surface area contributed by atoms with Crippen LogP contribution in [0.2, 0.25) is 0 Å². The van der Waals surface area contributed by atoms with Gasteiger partial charge in [0, 0.05) is 0 Å². The van der Waals surface area contributed by atoms with Crippen LogP contribution in [0.1, 0.15) is 39.5 Å².